The summed E-state index contributed by atoms with van der Waals surface area (Å²) in [7, 11) is 0. The van der Waals surface area contributed by atoms with Gasteiger partial charge in [0.25, 0.3) is 0 Å². The number of amides is 1. The highest BCUT2D eigenvalue weighted by molar-refractivity contribution is 14.1. The molecule has 0 spiro atoms. The van der Waals surface area contributed by atoms with Crippen molar-refractivity contribution in [2.45, 2.75) is 51.6 Å². The van der Waals surface area contributed by atoms with Crippen LogP contribution in [0.3, 0.4) is 0 Å². The van der Waals surface area contributed by atoms with Gasteiger partial charge in [-0.05, 0) is 66.8 Å². The summed E-state index contributed by atoms with van der Waals surface area (Å²) in [5.74, 6) is 0.110. The highest BCUT2D eigenvalue weighted by Crippen LogP contribution is 2.36. The minimum absolute atomic E-state index is 0.110. The zero-order chi connectivity index (χ0) is 13.8. The molecular formula is C14H21IN2OS. The van der Waals surface area contributed by atoms with Gasteiger partial charge in [-0.3, -0.25) is 10.1 Å². The SMILES string of the molecule is CCCNC(=O)C(C)NC1CCCc2sc(I)cc21. The molecule has 1 amide bonds. The summed E-state index contributed by atoms with van der Waals surface area (Å²) in [6.45, 7) is 4.78. The first kappa shape index (κ1) is 15.3. The second kappa shape index (κ2) is 7.04. The number of nitrogens with one attached hydrogen (secondary N) is 2. The summed E-state index contributed by atoms with van der Waals surface area (Å²) in [4.78, 5) is 13.4. The van der Waals surface area contributed by atoms with Crippen LogP contribution in [-0.2, 0) is 11.2 Å². The molecule has 0 saturated heterocycles. The van der Waals surface area contributed by atoms with Gasteiger partial charge in [-0.1, -0.05) is 6.92 Å². The minimum Gasteiger partial charge on any atom is -0.355 e. The number of halogens is 1. The van der Waals surface area contributed by atoms with E-state index in [1.807, 2.05) is 18.3 Å². The van der Waals surface area contributed by atoms with Crippen LogP contribution in [0.25, 0.3) is 0 Å². The van der Waals surface area contributed by atoms with E-state index in [1.165, 1.54) is 26.2 Å². The Hall–Kier alpha value is -0.140. The monoisotopic (exact) mass is 392 g/mol. The first-order chi connectivity index (χ1) is 9.11. The first-order valence-corrected chi connectivity index (χ1v) is 8.83. The Morgan fingerprint density at radius 2 is 2.42 bits per heavy atom. The minimum atomic E-state index is -0.125. The molecule has 19 heavy (non-hydrogen) atoms. The molecule has 106 valence electrons. The summed E-state index contributed by atoms with van der Waals surface area (Å²) in [5.41, 5.74) is 1.41. The maximum absolute atomic E-state index is 11.9. The number of hydrogen-bond donors (Lipinski definition) is 2. The molecule has 2 atom stereocenters. The van der Waals surface area contributed by atoms with Gasteiger partial charge in [0, 0.05) is 17.5 Å². The fourth-order valence-electron chi connectivity index (χ4n) is 2.47. The van der Waals surface area contributed by atoms with Crippen LogP contribution in [0.5, 0.6) is 0 Å². The molecular weight excluding hydrogens is 371 g/mol. The molecule has 3 nitrogen and oxygen atoms in total. The quantitative estimate of drug-likeness (QED) is 0.756. The lowest BCUT2D eigenvalue weighted by atomic mass is 9.93. The van der Waals surface area contributed by atoms with Gasteiger partial charge in [-0.2, -0.15) is 0 Å². The Morgan fingerprint density at radius 1 is 1.63 bits per heavy atom. The number of fused-ring (bicyclic) bond motifs is 1. The molecule has 0 radical (unpaired) electrons. The van der Waals surface area contributed by atoms with Crippen LogP contribution < -0.4 is 10.6 Å². The molecule has 2 rings (SSSR count). The molecule has 5 heteroatoms. The highest BCUT2D eigenvalue weighted by atomic mass is 127. The maximum atomic E-state index is 11.9. The molecule has 1 aromatic heterocycles. The van der Waals surface area contributed by atoms with E-state index in [2.05, 4.69) is 46.2 Å². The van der Waals surface area contributed by atoms with Crippen molar-refractivity contribution in [3.8, 4) is 0 Å². The highest BCUT2D eigenvalue weighted by Gasteiger charge is 2.25. The number of aryl methyl sites for hydroxylation is 1. The Bertz CT molecular complexity index is 447. The number of carbonyl (C=O) groups excluding carboxylic acids is 1. The third-order valence-corrected chi connectivity index (χ3v) is 5.45. The topological polar surface area (TPSA) is 41.1 Å². The van der Waals surface area contributed by atoms with Crippen molar-refractivity contribution in [2.75, 3.05) is 6.54 Å². The molecule has 1 aliphatic rings. The fraction of sp³-hybridized carbons (Fsp3) is 0.643. The summed E-state index contributed by atoms with van der Waals surface area (Å²) < 4.78 is 1.35. The average molecular weight is 392 g/mol. The summed E-state index contributed by atoms with van der Waals surface area (Å²) >= 11 is 4.28. The second-order valence-electron chi connectivity index (χ2n) is 5.05. The van der Waals surface area contributed by atoms with Crippen molar-refractivity contribution in [3.05, 3.63) is 19.4 Å². The molecule has 0 fully saturated rings. The van der Waals surface area contributed by atoms with Crippen LogP contribution >= 0.6 is 33.9 Å². The Morgan fingerprint density at radius 3 is 3.16 bits per heavy atom. The van der Waals surface area contributed by atoms with E-state index in [9.17, 15) is 4.79 Å². The van der Waals surface area contributed by atoms with Crippen LogP contribution in [0.4, 0.5) is 0 Å². The molecule has 2 N–H and O–H groups in total. The van der Waals surface area contributed by atoms with E-state index < -0.39 is 0 Å². The van der Waals surface area contributed by atoms with E-state index in [4.69, 9.17) is 0 Å². The van der Waals surface area contributed by atoms with E-state index in [-0.39, 0.29) is 11.9 Å². The molecule has 0 bridgehead atoms. The number of rotatable bonds is 5. The fourth-order valence-corrected chi connectivity index (χ4v) is 4.59. The smallest absolute Gasteiger partial charge is 0.236 e. The van der Waals surface area contributed by atoms with Crippen molar-refractivity contribution in [2.24, 2.45) is 0 Å². The van der Waals surface area contributed by atoms with E-state index >= 15 is 0 Å². The standard InChI is InChI=1S/C14H21IN2OS/c1-3-7-16-14(18)9(2)17-11-5-4-6-12-10(11)8-13(15)19-12/h8-9,11,17H,3-7H2,1-2H3,(H,16,18). The van der Waals surface area contributed by atoms with Gasteiger partial charge in [0.15, 0.2) is 0 Å². The molecule has 0 aliphatic heterocycles. The summed E-state index contributed by atoms with van der Waals surface area (Å²) in [6, 6.07) is 2.49. The van der Waals surface area contributed by atoms with Gasteiger partial charge >= 0.3 is 0 Å². The first-order valence-electron chi connectivity index (χ1n) is 6.93. The Balaban J connectivity index is 1.98. The number of hydrogen-bond acceptors (Lipinski definition) is 3. The van der Waals surface area contributed by atoms with Crippen molar-refractivity contribution in [3.63, 3.8) is 0 Å². The molecule has 1 heterocycles. The third-order valence-electron chi connectivity index (χ3n) is 3.48. The Kier molecular flexibility index (Phi) is 5.65. The lowest BCUT2D eigenvalue weighted by Gasteiger charge is -2.26. The molecule has 0 saturated carbocycles. The van der Waals surface area contributed by atoms with E-state index in [0.717, 1.165) is 19.4 Å². The predicted octanol–water partition coefficient (Wildman–Crippen LogP) is 3.23. The molecule has 2 unspecified atom stereocenters. The van der Waals surface area contributed by atoms with Gasteiger partial charge in [-0.25, -0.2) is 0 Å². The normalized spacial score (nSPS) is 19.8. The van der Waals surface area contributed by atoms with Gasteiger partial charge in [0.1, 0.15) is 0 Å². The molecule has 1 aliphatic carbocycles. The van der Waals surface area contributed by atoms with Crippen molar-refractivity contribution < 1.29 is 4.79 Å². The second-order valence-corrected chi connectivity index (χ2v) is 8.08. The zero-order valence-corrected chi connectivity index (χ0v) is 14.4. The lowest BCUT2D eigenvalue weighted by Crippen LogP contribution is -2.44. The van der Waals surface area contributed by atoms with Crippen molar-refractivity contribution >= 4 is 39.8 Å². The van der Waals surface area contributed by atoms with Gasteiger partial charge in [0.05, 0.1) is 8.93 Å². The van der Waals surface area contributed by atoms with E-state index in [0.29, 0.717) is 6.04 Å². The van der Waals surface area contributed by atoms with Gasteiger partial charge in [-0.15, -0.1) is 11.3 Å². The predicted molar refractivity (Wildman–Crippen MR) is 88.6 cm³/mol. The van der Waals surface area contributed by atoms with Crippen LogP contribution in [0.2, 0.25) is 0 Å². The zero-order valence-electron chi connectivity index (χ0n) is 11.5. The van der Waals surface area contributed by atoms with Gasteiger partial charge < -0.3 is 5.32 Å². The van der Waals surface area contributed by atoms with Crippen LogP contribution in [0, 0.1) is 2.88 Å². The Labute approximate surface area is 132 Å². The third kappa shape index (κ3) is 3.92. The summed E-state index contributed by atoms with van der Waals surface area (Å²) in [5, 5.41) is 6.44. The number of carbonyl (C=O) groups is 1. The van der Waals surface area contributed by atoms with E-state index in [1.54, 1.807) is 0 Å². The summed E-state index contributed by atoms with van der Waals surface area (Å²) in [6.07, 6.45) is 4.52. The van der Waals surface area contributed by atoms with Crippen LogP contribution in [0.1, 0.15) is 49.6 Å². The van der Waals surface area contributed by atoms with Crippen LogP contribution in [-0.4, -0.2) is 18.5 Å². The largest absolute Gasteiger partial charge is 0.355 e. The average Bonchev–Trinajstić information content (AvgIpc) is 2.77. The molecule has 1 aromatic rings. The number of thiophene rings is 1. The van der Waals surface area contributed by atoms with Gasteiger partial charge in [0.2, 0.25) is 5.91 Å². The van der Waals surface area contributed by atoms with Crippen molar-refractivity contribution in [1.29, 1.82) is 0 Å². The van der Waals surface area contributed by atoms with Crippen molar-refractivity contribution in [1.82, 2.24) is 10.6 Å². The van der Waals surface area contributed by atoms with Crippen LogP contribution in [0.15, 0.2) is 6.07 Å². The molecule has 0 aromatic carbocycles. The lowest BCUT2D eigenvalue weighted by molar-refractivity contribution is -0.122. The maximum Gasteiger partial charge on any atom is 0.236 e.